The molecule has 0 amide bonds. The third-order valence-electron chi connectivity index (χ3n) is 1.74. The summed E-state index contributed by atoms with van der Waals surface area (Å²) in [5, 5.41) is 0. The molecule has 84 valence electrons. The van der Waals surface area contributed by atoms with E-state index in [4.69, 9.17) is 4.42 Å². The second kappa shape index (κ2) is 5.33. The van der Waals surface area contributed by atoms with Crippen LogP contribution in [0.1, 0.15) is 19.1 Å². The van der Waals surface area contributed by atoms with Crippen LogP contribution in [0.5, 0.6) is 0 Å². The third-order valence-corrected chi connectivity index (χ3v) is 6.11. The van der Waals surface area contributed by atoms with Crippen LogP contribution in [0, 0.1) is 0 Å². The van der Waals surface area contributed by atoms with Crippen molar-refractivity contribution in [2.45, 2.75) is 16.6 Å². The normalized spacial score (nSPS) is 11.9. The van der Waals surface area contributed by atoms with Crippen LogP contribution in [-0.2, 0) is 3.23 Å². The fraction of sp³-hybridized carbons (Fsp3) is 0.375. The first-order chi connectivity index (χ1) is 6.81. The minimum atomic E-state index is -0.540. The third kappa shape index (κ3) is 2.97. The monoisotopic (exact) mass is 528 g/mol. The van der Waals surface area contributed by atoms with Gasteiger partial charge in [-0.1, -0.05) is 38.8 Å². The maximum absolute atomic E-state index is 11.7. The van der Waals surface area contributed by atoms with Crippen molar-refractivity contribution in [2.75, 3.05) is 0 Å². The molecule has 0 bridgehead atoms. The average Bonchev–Trinajstić information content (AvgIpc) is 2.20. The van der Waals surface area contributed by atoms with Crippen LogP contribution < -0.4 is 5.43 Å². The van der Waals surface area contributed by atoms with Gasteiger partial charge in [0, 0.05) is 0 Å². The largest absolute Gasteiger partial charge is 0.449 e. The fourth-order valence-corrected chi connectivity index (χ4v) is 3.46. The van der Waals surface area contributed by atoms with E-state index in [2.05, 4.69) is 79.6 Å². The molecule has 0 spiro atoms. The average molecular weight is 533 g/mol. The van der Waals surface area contributed by atoms with E-state index in [0.29, 0.717) is 19.4 Å². The van der Waals surface area contributed by atoms with Crippen LogP contribution in [0.4, 0.5) is 0 Å². The molecule has 0 aliphatic heterocycles. The van der Waals surface area contributed by atoms with E-state index in [9.17, 15) is 4.79 Å². The molecule has 0 saturated carbocycles. The first-order valence-corrected chi connectivity index (χ1v) is 7.83. The van der Waals surface area contributed by atoms with Gasteiger partial charge in [0.2, 0.25) is 5.43 Å². The first-order valence-electron chi connectivity index (χ1n) is 3.87. The SMILES string of the molecule is CCC(Br)(Br)c1oc(Br)c(Br)c(=O)c1Br. The Labute approximate surface area is 129 Å². The summed E-state index contributed by atoms with van der Waals surface area (Å²) in [7, 11) is 0. The molecule has 2 nitrogen and oxygen atoms in total. The van der Waals surface area contributed by atoms with Crippen molar-refractivity contribution in [3.63, 3.8) is 0 Å². The quantitative estimate of drug-likeness (QED) is 0.486. The van der Waals surface area contributed by atoms with Crippen LogP contribution in [0.2, 0.25) is 0 Å². The topological polar surface area (TPSA) is 30.2 Å². The Morgan fingerprint density at radius 1 is 1.20 bits per heavy atom. The van der Waals surface area contributed by atoms with Crippen molar-refractivity contribution in [1.82, 2.24) is 0 Å². The van der Waals surface area contributed by atoms with Crippen molar-refractivity contribution in [1.29, 1.82) is 0 Å². The standard InChI is InChI=1S/C8H5Br5O2/c1-2-8(12,13)6-3(9)5(14)4(10)7(11)15-6/h2H2,1H3. The van der Waals surface area contributed by atoms with Crippen molar-refractivity contribution >= 4 is 79.6 Å². The molecule has 0 radical (unpaired) electrons. The Hall–Kier alpha value is 1.35. The lowest BCUT2D eigenvalue weighted by atomic mass is 10.2. The van der Waals surface area contributed by atoms with Gasteiger partial charge in [0.25, 0.3) is 0 Å². The fourth-order valence-electron chi connectivity index (χ4n) is 0.864. The van der Waals surface area contributed by atoms with Crippen LogP contribution in [-0.4, -0.2) is 0 Å². The van der Waals surface area contributed by atoms with Crippen molar-refractivity contribution in [3.8, 4) is 0 Å². The summed E-state index contributed by atoms with van der Waals surface area (Å²) < 4.78 is 6.10. The zero-order chi connectivity index (χ0) is 11.8. The predicted molar refractivity (Wildman–Crippen MR) is 77.9 cm³/mol. The predicted octanol–water partition coefficient (Wildman–Crippen LogP) is 5.28. The number of alkyl halides is 2. The molecule has 0 unspecified atom stereocenters. The summed E-state index contributed by atoms with van der Waals surface area (Å²) in [6.07, 6.45) is 0.725. The number of rotatable bonds is 2. The van der Waals surface area contributed by atoms with E-state index >= 15 is 0 Å². The number of hydrogen-bond acceptors (Lipinski definition) is 2. The Bertz CT molecular complexity index is 437. The minimum Gasteiger partial charge on any atom is -0.449 e. The van der Waals surface area contributed by atoms with E-state index in [-0.39, 0.29) is 5.43 Å². The number of hydrogen-bond donors (Lipinski definition) is 0. The Kier molecular flexibility index (Phi) is 5.12. The van der Waals surface area contributed by atoms with E-state index in [1.165, 1.54) is 0 Å². The van der Waals surface area contributed by atoms with Gasteiger partial charge in [-0.2, -0.15) is 0 Å². The maximum atomic E-state index is 11.7. The highest BCUT2D eigenvalue weighted by atomic mass is 79.9. The second-order valence-electron chi connectivity index (χ2n) is 2.72. The lowest BCUT2D eigenvalue weighted by molar-refractivity contribution is 0.448. The zero-order valence-electron chi connectivity index (χ0n) is 7.41. The molecule has 0 aliphatic carbocycles. The summed E-state index contributed by atoms with van der Waals surface area (Å²) in [6.45, 7) is 1.96. The molecular formula is C8H5Br5O2. The molecule has 7 heteroatoms. The molecule has 15 heavy (non-hydrogen) atoms. The summed E-state index contributed by atoms with van der Waals surface area (Å²) >= 11 is 16.4. The molecule has 0 aromatic carbocycles. The molecule has 1 aromatic rings. The van der Waals surface area contributed by atoms with Crippen LogP contribution in [0.15, 0.2) is 22.8 Å². The van der Waals surface area contributed by atoms with Gasteiger partial charge in [-0.05, 0) is 54.2 Å². The molecule has 1 rings (SSSR count). The lowest BCUT2D eigenvalue weighted by Crippen LogP contribution is -2.15. The van der Waals surface area contributed by atoms with Gasteiger partial charge >= 0.3 is 0 Å². The van der Waals surface area contributed by atoms with Gasteiger partial charge in [0.05, 0.1) is 0 Å². The number of halogens is 5. The Morgan fingerprint density at radius 3 is 2.20 bits per heavy atom. The van der Waals surface area contributed by atoms with E-state index < -0.39 is 3.23 Å². The summed E-state index contributed by atoms with van der Waals surface area (Å²) in [5.74, 6) is 0.505. The Balaban J connectivity index is 3.53. The van der Waals surface area contributed by atoms with Crippen molar-refractivity contribution in [3.05, 3.63) is 29.6 Å². The molecule has 1 heterocycles. The van der Waals surface area contributed by atoms with Crippen molar-refractivity contribution < 1.29 is 4.42 Å². The van der Waals surface area contributed by atoms with Gasteiger partial charge in [0.1, 0.15) is 12.2 Å². The van der Waals surface area contributed by atoms with Crippen LogP contribution in [0.25, 0.3) is 0 Å². The highest BCUT2D eigenvalue weighted by Gasteiger charge is 2.31. The van der Waals surface area contributed by atoms with E-state index in [0.717, 1.165) is 6.42 Å². The Morgan fingerprint density at radius 2 is 1.73 bits per heavy atom. The van der Waals surface area contributed by atoms with Gasteiger partial charge < -0.3 is 4.42 Å². The molecule has 0 fully saturated rings. The van der Waals surface area contributed by atoms with E-state index in [1.54, 1.807) is 0 Å². The first kappa shape index (κ1) is 14.4. The molecule has 0 aliphatic rings. The smallest absolute Gasteiger partial charge is 0.214 e. The molecular weight excluding hydrogens is 528 g/mol. The molecule has 1 aromatic heterocycles. The highest BCUT2D eigenvalue weighted by molar-refractivity contribution is 9.24. The van der Waals surface area contributed by atoms with Crippen LogP contribution in [0.3, 0.4) is 0 Å². The van der Waals surface area contributed by atoms with Gasteiger partial charge in [0.15, 0.2) is 10.4 Å². The van der Waals surface area contributed by atoms with Crippen molar-refractivity contribution in [2.24, 2.45) is 0 Å². The van der Waals surface area contributed by atoms with Gasteiger partial charge in [-0.15, -0.1) is 0 Å². The van der Waals surface area contributed by atoms with Gasteiger partial charge in [-0.25, -0.2) is 0 Å². The van der Waals surface area contributed by atoms with Gasteiger partial charge in [-0.3, -0.25) is 4.79 Å². The lowest BCUT2D eigenvalue weighted by Gasteiger charge is -2.18. The minimum absolute atomic E-state index is 0.153. The summed E-state index contributed by atoms with van der Waals surface area (Å²) in [5.41, 5.74) is -0.153. The highest BCUT2D eigenvalue weighted by Crippen LogP contribution is 2.45. The molecule has 0 saturated heterocycles. The molecule has 0 N–H and O–H groups in total. The van der Waals surface area contributed by atoms with Crippen LogP contribution >= 0.6 is 79.6 Å². The summed E-state index contributed by atoms with van der Waals surface area (Å²) in [4.78, 5) is 11.7. The summed E-state index contributed by atoms with van der Waals surface area (Å²) in [6, 6.07) is 0. The second-order valence-corrected chi connectivity index (χ2v) is 8.80. The molecule has 0 atom stereocenters. The zero-order valence-corrected chi connectivity index (χ0v) is 15.3. The van der Waals surface area contributed by atoms with E-state index in [1.807, 2.05) is 6.92 Å². The maximum Gasteiger partial charge on any atom is 0.214 e.